The van der Waals surface area contributed by atoms with Crippen molar-refractivity contribution in [2.45, 2.75) is 19.1 Å². The molecule has 2 rings (SSSR count). The average molecular weight is 332 g/mol. The zero-order valence-corrected chi connectivity index (χ0v) is 10.6. The number of rotatable bonds is 5. The van der Waals surface area contributed by atoms with Gasteiger partial charge >= 0.3 is 19.1 Å². The first-order valence-corrected chi connectivity index (χ1v) is 5.65. The van der Waals surface area contributed by atoms with Crippen LogP contribution in [0.5, 0.6) is 11.5 Å². The van der Waals surface area contributed by atoms with Crippen LogP contribution >= 0.6 is 12.2 Å². The number of hydrogen-bond acceptors (Lipinski definition) is 3. The number of ether oxygens (including phenoxy) is 2. The van der Waals surface area contributed by atoms with Gasteiger partial charge in [-0.05, 0) is 12.2 Å². The van der Waals surface area contributed by atoms with Crippen LogP contribution < -0.4 is 9.47 Å². The molecule has 116 valence electrons. The molecule has 0 aliphatic heterocycles. The Morgan fingerprint density at radius 3 is 2.00 bits per heavy atom. The summed E-state index contributed by atoms with van der Waals surface area (Å²) in [7, 11) is 0. The van der Waals surface area contributed by atoms with Crippen LogP contribution in [0.15, 0.2) is 12.1 Å². The molecule has 0 atom stereocenters. The third kappa shape index (κ3) is 3.40. The van der Waals surface area contributed by atoms with Gasteiger partial charge in [0.25, 0.3) is 0 Å². The van der Waals surface area contributed by atoms with Crippen LogP contribution in [-0.2, 0) is 0 Å². The standard InChI is InChI=1S/C10H6F6N2O2S/c11-7(12)10(15,16)20-6-2-4-3(17-9(21)18-4)1-5(6)19-8(13)14/h1-2,7-8H,(H2,17,18,21). The quantitative estimate of drug-likeness (QED) is 0.641. The number of aromatic amines is 2. The first kappa shape index (κ1) is 15.5. The molecule has 0 spiro atoms. The third-order valence-electron chi connectivity index (χ3n) is 2.30. The lowest BCUT2D eigenvalue weighted by Gasteiger charge is -2.19. The molecule has 1 aromatic heterocycles. The molecule has 0 amide bonds. The van der Waals surface area contributed by atoms with Gasteiger partial charge < -0.3 is 19.4 Å². The number of halogens is 6. The van der Waals surface area contributed by atoms with E-state index < -0.39 is 30.6 Å². The van der Waals surface area contributed by atoms with E-state index in [0.29, 0.717) is 0 Å². The van der Waals surface area contributed by atoms with E-state index in [4.69, 9.17) is 12.2 Å². The monoisotopic (exact) mass is 332 g/mol. The van der Waals surface area contributed by atoms with Crippen molar-refractivity contribution in [2.75, 3.05) is 0 Å². The van der Waals surface area contributed by atoms with Gasteiger partial charge in [-0.15, -0.1) is 0 Å². The predicted molar refractivity (Wildman–Crippen MR) is 61.7 cm³/mol. The van der Waals surface area contributed by atoms with Crippen molar-refractivity contribution in [1.29, 1.82) is 0 Å². The second-order valence-corrected chi connectivity index (χ2v) is 4.17. The van der Waals surface area contributed by atoms with E-state index in [-0.39, 0.29) is 15.8 Å². The van der Waals surface area contributed by atoms with Gasteiger partial charge in [0.2, 0.25) is 0 Å². The summed E-state index contributed by atoms with van der Waals surface area (Å²) in [5.74, 6) is -1.80. The Morgan fingerprint density at radius 2 is 1.52 bits per heavy atom. The highest BCUT2D eigenvalue weighted by atomic mass is 32.1. The lowest BCUT2D eigenvalue weighted by molar-refractivity contribution is -0.254. The molecule has 21 heavy (non-hydrogen) atoms. The van der Waals surface area contributed by atoms with Crippen molar-refractivity contribution in [3.8, 4) is 11.5 Å². The summed E-state index contributed by atoms with van der Waals surface area (Å²) >= 11 is 4.73. The van der Waals surface area contributed by atoms with E-state index in [9.17, 15) is 26.3 Å². The summed E-state index contributed by atoms with van der Waals surface area (Å²) in [4.78, 5) is 5.03. The number of aromatic nitrogens is 2. The second-order valence-electron chi connectivity index (χ2n) is 3.77. The van der Waals surface area contributed by atoms with Gasteiger partial charge in [0.05, 0.1) is 11.0 Å². The summed E-state index contributed by atoms with van der Waals surface area (Å²) in [6, 6.07) is 1.68. The maximum Gasteiger partial charge on any atom is 0.461 e. The molecule has 0 aliphatic rings. The Morgan fingerprint density at radius 1 is 1.00 bits per heavy atom. The normalized spacial score (nSPS) is 12.4. The van der Waals surface area contributed by atoms with Crippen LogP contribution in [0, 0.1) is 4.77 Å². The number of imidazole rings is 1. The summed E-state index contributed by atoms with van der Waals surface area (Å²) in [6.07, 6.45) is -9.00. The van der Waals surface area contributed by atoms with Crippen molar-refractivity contribution in [1.82, 2.24) is 9.97 Å². The number of nitrogens with one attached hydrogen (secondary N) is 2. The number of fused-ring (bicyclic) bond motifs is 1. The summed E-state index contributed by atoms with van der Waals surface area (Å²) < 4.78 is 82.4. The van der Waals surface area contributed by atoms with Crippen LogP contribution in [0.1, 0.15) is 0 Å². The smallest absolute Gasteiger partial charge is 0.431 e. The maximum absolute atomic E-state index is 12.9. The molecule has 2 aromatic rings. The molecule has 0 radical (unpaired) electrons. The Balaban J connectivity index is 2.50. The zero-order chi connectivity index (χ0) is 15.8. The molecule has 0 saturated heterocycles. The molecule has 0 unspecified atom stereocenters. The summed E-state index contributed by atoms with van der Waals surface area (Å²) in [5.41, 5.74) is 0.255. The van der Waals surface area contributed by atoms with Gasteiger partial charge in [0, 0.05) is 12.1 Å². The van der Waals surface area contributed by atoms with E-state index in [0.717, 1.165) is 12.1 Å². The molecular weight excluding hydrogens is 326 g/mol. The average Bonchev–Trinajstić information content (AvgIpc) is 2.67. The highest BCUT2D eigenvalue weighted by Gasteiger charge is 2.44. The largest absolute Gasteiger partial charge is 0.461 e. The van der Waals surface area contributed by atoms with E-state index >= 15 is 0 Å². The molecule has 4 nitrogen and oxygen atoms in total. The van der Waals surface area contributed by atoms with Gasteiger partial charge in [-0.3, -0.25) is 0 Å². The SMILES string of the molecule is FC(F)Oc1cc2[nH]c(=S)[nH]c2cc1OC(F)(F)C(F)F. The maximum atomic E-state index is 12.9. The van der Waals surface area contributed by atoms with Crippen LogP contribution in [0.3, 0.4) is 0 Å². The first-order chi connectivity index (χ1) is 9.69. The van der Waals surface area contributed by atoms with Gasteiger partial charge in [-0.25, -0.2) is 0 Å². The fourth-order valence-electron chi connectivity index (χ4n) is 1.50. The highest BCUT2D eigenvalue weighted by molar-refractivity contribution is 7.71. The molecule has 11 heteroatoms. The van der Waals surface area contributed by atoms with Gasteiger partial charge in [0.1, 0.15) is 0 Å². The molecule has 0 fully saturated rings. The minimum atomic E-state index is -4.86. The van der Waals surface area contributed by atoms with Crippen LogP contribution in [0.2, 0.25) is 0 Å². The van der Waals surface area contributed by atoms with Gasteiger partial charge in [-0.2, -0.15) is 26.3 Å². The predicted octanol–water partition coefficient (Wildman–Crippen LogP) is 4.06. The topological polar surface area (TPSA) is 50.0 Å². The van der Waals surface area contributed by atoms with Crippen LogP contribution in [0.25, 0.3) is 11.0 Å². The molecule has 1 aromatic carbocycles. The van der Waals surface area contributed by atoms with E-state index in [1.54, 1.807) is 0 Å². The van der Waals surface area contributed by atoms with Crippen molar-refractivity contribution in [3.63, 3.8) is 0 Å². The lowest BCUT2D eigenvalue weighted by Crippen LogP contribution is -2.33. The molecule has 0 bridgehead atoms. The molecule has 1 heterocycles. The number of hydrogen-bond donors (Lipinski definition) is 2. The lowest BCUT2D eigenvalue weighted by atomic mass is 10.2. The van der Waals surface area contributed by atoms with E-state index in [2.05, 4.69) is 19.4 Å². The summed E-state index contributed by atoms with van der Waals surface area (Å²) in [5, 5.41) is 0. The molecule has 2 N–H and O–H groups in total. The van der Waals surface area contributed by atoms with Crippen LogP contribution in [0.4, 0.5) is 26.3 Å². The number of alkyl halides is 6. The fourth-order valence-corrected chi connectivity index (χ4v) is 1.72. The van der Waals surface area contributed by atoms with Crippen molar-refractivity contribution in [3.05, 3.63) is 16.9 Å². The van der Waals surface area contributed by atoms with Gasteiger partial charge in [-0.1, -0.05) is 0 Å². The van der Waals surface area contributed by atoms with Crippen LogP contribution in [-0.4, -0.2) is 29.1 Å². The number of H-pyrrole nitrogens is 2. The van der Waals surface area contributed by atoms with E-state index in [1.807, 2.05) is 0 Å². The van der Waals surface area contributed by atoms with E-state index in [1.165, 1.54) is 0 Å². The molecule has 0 saturated carbocycles. The third-order valence-corrected chi connectivity index (χ3v) is 2.50. The fraction of sp³-hybridized carbons (Fsp3) is 0.300. The first-order valence-electron chi connectivity index (χ1n) is 5.25. The highest BCUT2D eigenvalue weighted by Crippen LogP contribution is 2.37. The Hall–Kier alpha value is -1.91. The zero-order valence-electron chi connectivity index (χ0n) is 9.80. The summed E-state index contributed by atoms with van der Waals surface area (Å²) in [6.45, 7) is -3.35. The minimum absolute atomic E-state index is 0.0748. The molecular formula is C10H6F6N2O2S. The van der Waals surface area contributed by atoms with Crippen molar-refractivity contribution < 1.29 is 35.8 Å². The minimum Gasteiger partial charge on any atom is -0.431 e. The Labute approximate surface area is 117 Å². The Bertz CT molecular complexity index is 698. The number of benzene rings is 1. The van der Waals surface area contributed by atoms with Crippen molar-refractivity contribution in [2.24, 2.45) is 0 Å². The molecule has 0 aliphatic carbocycles. The van der Waals surface area contributed by atoms with Crippen molar-refractivity contribution >= 4 is 23.3 Å². The second kappa shape index (κ2) is 5.47. The Kier molecular flexibility index (Phi) is 4.03. The van der Waals surface area contributed by atoms with Gasteiger partial charge in [0.15, 0.2) is 16.3 Å².